The van der Waals surface area contributed by atoms with Crippen molar-refractivity contribution in [1.29, 1.82) is 0 Å². The lowest BCUT2D eigenvalue weighted by atomic mass is 10.1. The largest absolute Gasteiger partial charge is 0.490 e. The molecule has 0 spiro atoms. The minimum atomic E-state index is -0.814. The molecule has 0 bridgehead atoms. The van der Waals surface area contributed by atoms with Gasteiger partial charge in [-0.05, 0) is 95.1 Å². The smallest absolute Gasteiger partial charge is 0.335 e. The molecule has 0 radical (unpaired) electrons. The van der Waals surface area contributed by atoms with E-state index in [1.807, 2.05) is 26.0 Å². The fraction of sp³-hybridized carbons (Fsp3) is 0.179. The van der Waals surface area contributed by atoms with E-state index in [1.54, 1.807) is 36.4 Å². The number of benzene rings is 3. The molecule has 1 N–H and O–H groups in total. The first-order valence-electron chi connectivity index (χ1n) is 12.0. The number of halogens is 1. The maximum Gasteiger partial charge on any atom is 0.335 e. The summed E-state index contributed by atoms with van der Waals surface area (Å²) in [6, 6.07) is 15.5. The molecule has 3 aromatic carbocycles. The number of rotatable bonds is 9. The molecular weight excluding hydrogens is 617 g/mol. The summed E-state index contributed by atoms with van der Waals surface area (Å²) in [4.78, 5) is 49.8. The van der Waals surface area contributed by atoms with Crippen LogP contribution in [0.4, 0.5) is 16.2 Å². The Labute approximate surface area is 237 Å². The molecule has 200 valence electrons. The number of urea groups is 1. The van der Waals surface area contributed by atoms with Crippen LogP contribution in [0.15, 0.2) is 66.2 Å². The fourth-order valence-corrected chi connectivity index (χ4v) is 4.66. The van der Waals surface area contributed by atoms with Crippen molar-refractivity contribution >= 4 is 57.9 Å². The summed E-state index contributed by atoms with van der Waals surface area (Å²) < 4.78 is 12.4. The van der Waals surface area contributed by atoms with Crippen LogP contribution < -0.4 is 19.7 Å². The molecule has 4 rings (SSSR count). The molecule has 0 atom stereocenters. The van der Waals surface area contributed by atoms with Gasteiger partial charge in [-0.3, -0.25) is 25.0 Å². The number of aryl methyl sites for hydroxylation is 1. The lowest BCUT2D eigenvalue weighted by Crippen LogP contribution is -2.54. The van der Waals surface area contributed by atoms with Crippen molar-refractivity contribution in [3.8, 4) is 11.5 Å². The Balaban J connectivity index is 1.62. The van der Waals surface area contributed by atoms with Crippen molar-refractivity contribution in [2.24, 2.45) is 0 Å². The Morgan fingerprint density at radius 1 is 0.974 bits per heavy atom. The molecule has 4 amide bonds. The predicted octanol–water partition coefficient (Wildman–Crippen LogP) is 5.41. The number of amides is 4. The van der Waals surface area contributed by atoms with Crippen LogP contribution in [-0.2, 0) is 22.6 Å². The number of barbiturate groups is 1. The minimum Gasteiger partial charge on any atom is -0.490 e. The molecule has 0 unspecified atom stereocenters. The number of imide groups is 2. The Kier molecular flexibility index (Phi) is 8.59. The lowest BCUT2D eigenvalue weighted by Gasteiger charge is -2.26. The normalized spacial score (nSPS) is 14.4. The molecule has 0 aliphatic carbocycles. The van der Waals surface area contributed by atoms with E-state index in [1.165, 1.54) is 18.2 Å². The summed E-state index contributed by atoms with van der Waals surface area (Å²) in [5.41, 5.74) is 2.41. The van der Waals surface area contributed by atoms with E-state index < -0.39 is 22.8 Å². The van der Waals surface area contributed by atoms with Crippen molar-refractivity contribution in [3.63, 3.8) is 0 Å². The highest BCUT2D eigenvalue weighted by atomic mass is 127. The van der Waals surface area contributed by atoms with Gasteiger partial charge in [0.1, 0.15) is 12.2 Å². The quantitative estimate of drug-likeness (QED) is 0.109. The highest BCUT2D eigenvalue weighted by Gasteiger charge is 2.36. The summed E-state index contributed by atoms with van der Waals surface area (Å²) in [5.74, 6) is -0.688. The Morgan fingerprint density at radius 2 is 1.64 bits per heavy atom. The van der Waals surface area contributed by atoms with Gasteiger partial charge in [-0.25, -0.2) is 9.69 Å². The van der Waals surface area contributed by atoms with Gasteiger partial charge in [0.05, 0.1) is 20.8 Å². The van der Waals surface area contributed by atoms with Crippen LogP contribution in [0.1, 0.15) is 30.5 Å². The van der Waals surface area contributed by atoms with Gasteiger partial charge in [0.2, 0.25) is 0 Å². The number of nitro groups is 1. The molecule has 1 aliphatic rings. The average molecular weight is 641 g/mol. The number of nitro benzene ring substituents is 1. The van der Waals surface area contributed by atoms with Crippen molar-refractivity contribution in [1.82, 2.24) is 5.32 Å². The third-order valence-electron chi connectivity index (χ3n) is 5.88. The third-order valence-corrected chi connectivity index (χ3v) is 6.68. The van der Waals surface area contributed by atoms with E-state index in [0.717, 1.165) is 22.4 Å². The maximum absolute atomic E-state index is 13.3. The van der Waals surface area contributed by atoms with Crippen molar-refractivity contribution in [3.05, 3.63) is 96.6 Å². The lowest BCUT2D eigenvalue weighted by molar-refractivity contribution is -0.384. The molecule has 1 heterocycles. The van der Waals surface area contributed by atoms with Crippen LogP contribution >= 0.6 is 22.6 Å². The molecule has 3 aromatic rings. The number of nitrogens with zero attached hydrogens (tertiary/aromatic N) is 2. The third kappa shape index (κ3) is 6.25. The highest BCUT2D eigenvalue weighted by Crippen LogP contribution is 2.36. The predicted molar refractivity (Wildman–Crippen MR) is 153 cm³/mol. The molecular formula is C28H24IN3O7. The molecule has 11 heteroatoms. The Hall–Kier alpha value is -4.26. The number of ether oxygens (including phenoxy) is 2. The molecule has 1 fully saturated rings. The molecule has 39 heavy (non-hydrogen) atoms. The highest BCUT2D eigenvalue weighted by molar-refractivity contribution is 14.1. The summed E-state index contributed by atoms with van der Waals surface area (Å²) in [5, 5.41) is 13.1. The van der Waals surface area contributed by atoms with Crippen LogP contribution in [0.3, 0.4) is 0 Å². The number of anilines is 1. The van der Waals surface area contributed by atoms with E-state index in [9.17, 15) is 24.5 Å². The van der Waals surface area contributed by atoms with E-state index in [4.69, 9.17) is 9.47 Å². The Morgan fingerprint density at radius 3 is 2.26 bits per heavy atom. The molecule has 1 saturated heterocycles. The first-order chi connectivity index (χ1) is 18.7. The number of hydrogen-bond acceptors (Lipinski definition) is 7. The van der Waals surface area contributed by atoms with Crippen molar-refractivity contribution in [2.75, 3.05) is 11.5 Å². The maximum atomic E-state index is 13.3. The zero-order valence-corrected chi connectivity index (χ0v) is 23.3. The van der Waals surface area contributed by atoms with Crippen LogP contribution in [0.5, 0.6) is 11.5 Å². The van der Waals surface area contributed by atoms with E-state index >= 15 is 0 Å². The second kappa shape index (κ2) is 12.1. The Bertz CT molecular complexity index is 1470. The topological polar surface area (TPSA) is 128 Å². The van der Waals surface area contributed by atoms with E-state index in [2.05, 4.69) is 27.9 Å². The molecule has 0 aromatic heterocycles. The summed E-state index contributed by atoms with van der Waals surface area (Å²) in [6.45, 7) is 4.28. The average Bonchev–Trinajstić information content (AvgIpc) is 2.91. The standard InChI is InChI=1S/C28H24IN3O7/c1-3-17-5-9-20(10-6-17)31-27(34)22(26(33)30-28(31)35)13-19-14-23(29)25(24(15-19)38-4-2)39-16-18-7-11-21(12-8-18)32(36)37/h5-15H,3-4,16H2,1-2H3,(H,30,33,35)/b22-13-. The molecule has 0 saturated carbocycles. The zero-order chi connectivity index (χ0) is 28.1. The van der Waals surface area contributed by atoms with Gasteiger partial charge in [-0.1, -0.05) is 19.1 Å². The first-order valence-corrected chi connectivity index (χ1v) is 13.1. The summed E-state index contributed by atoms with van der Waals surface area (Å²) in [7, 11) is 0. The van der Waals surface area contributed by atoms with Crippen LogP contribution in [0.25, 0.3) is 6.08 Å². The number of hydrogen-bond donors (Lipinski definition) is 1. The molecule has 10 nitrogen and oxygen atoms in total. The van der Waals surface area contributed by atoms with Gasteiger partial charge < -0.3 is 9.47 Å². The second-order valence-electron chi connectivity index (χ2n) is 8.45. The first kappa shape index (κ1) is 27.8. The summed E-state index contributed by atoms with van der Waals surface area (Å²) in [6.07, 6.45) is 2.21. The van der Waals surface area contributed by atoms with Crippen molar-refractivity contribution in [2.45, 2.75) is 26.9 Å². The molecule has 1 aliphatic heterocycles. The minimum absolute atomic E-state index is 0.0136. The van der Waals surface area contributed by atoms with Gasteiger partial charge in [-0.2, -0.15) is 0 Å². The van der Waals surface area contributed by atoms with Crippen molar-refractivity contribution < 1.29 is 28.8 Å². The van der Waals surface area contributed by atoms with Gasteiger partial charge in [0.15, 0.2) is 11.5 Å². The van der Waals surface area contributed by atoms with Crippen LogP contribution in [-0.4, -0.2) is 29.4 Å². The van der Waals surface area contributed by atoms with Crippen LogP contribution in [0.2, 0.25) is 0 Å². The zero-order valence-electron chi connectivity index (χ0n) is 21.1. The van der Waals surface area contributed by atoms with Gasteiger partial charge in [-0.15, -0.1) is 0 Å². The van der Waals surface area contributed by atoms with Gasteiger partial charge in [0, 0.05) is 12.1 Å². The number of carbonyl (C=O) groups excluding carboxylic acids is 3. The number of carbonyl (C=O) groups is 3. The monoisotopic (exact) mass is 641 g/mol. The second-order valence-corrected chi connectivity index (χ2v) is 9.62. The summed E-state index contributed by atoms with van der Waals surface area (Å²) >= 11 is 2.06. The number of non-ortho nitro benzene ring substituents is 1. The number of nitrogens with one attached hydrogen (secondary N) is 1. The SMILES string of the molecule is CCOc1cc(/C=C2/C(=O)NC(=O)N(c3ccc(CC)cc3)C2=O)cc(I)c1OCc1ccc([N+](=O)[O-])cc1. The van der Waals surface area contributed by atoms with Crippen LogP contribution in [0, 0.1) is 13.7 Å². The van der Waals surface area contributed by atoms with E-state index in [-0.39, 0.29) is 17.9 Å². The fourth-order valence-electron chi connectivity index (χ4n) is 3.88. The van der Waals surface area contributed by atoms with Gasteiger partial charge >= 0.3 is 6.03 Å². The van der Waals surface area contributed by atoms with Gasteiger partial charge in [0.25, 0.3) is 17.5 Å². The van der Waals surface area contributed by atoms with E-state index in [0.29, 0.717) is 32.9 Å².